The highest BCUT2D eigenvalue weighted by atomic mass is 16.1. The standard InChI is InChI=1S/C16H24N2O/c1-3-9-17-11-13-5-4-6-15(10-13)18-16(19)12(2)14-7-8-14/h4-6,10,12,14,17H,3,7-9,11H2,1-2H3,(H,18,19). The third-order valence-electron chi connectivity index (χ3n) is 3.69. The fourth-order valence-corrected chi connectivity index (χ4v) is 2.23. The molecule has 0 radical (unpaired) electrons. The lowest BCUT2D eigenvalue weighted by molar-refractivity contribution is -0.119. The summed E-state index contributed by atoms with van der Waals surface area (Å²) in [4.78, 5) is 12.0. The predicted molar refractivity (Wildman–Crippen MR) is 79.0 cm³/mol. The van der Waals surface area contributed by atoms with Gasteiger partial charge in [0.05, 0.1) is 0 Å². The van der Waals surface area contributed by atoms with E-state index in [0.717, 1.165) is 25.2 Å². The number of hydrogen-bond acceptors (Lipinski definition) is 2. The number of nitrogens with one attached hydrogen (secondary N) is 2. The van der Waals surface area contributed by atoms with Crippen LogP contribution in [-0.4, -0.2) is 12.5 Å². The van der Waals surface area contributed by atoms with E-state index >= 15 is 0 Å². The molecule has 1 atom stereocenters. The van der Waals surface area contributed by atoms with Crippen LogP contribution in [0, 0.1) is 11.8 Å². The Morgan fingerprint density at radius 1 is 1.42 bits per heavy atom. The summed E-state index contributed by atoms with van der Waals surface area (Å²) in [5.41, 5.74) is 2.12. The minimum Gasteiger partial charge on any atom is -0.326 e. The maximum Gasteiger partial charge on any atom is 0.227 e. The third kappa shape index (κ3) is 4.35. The number of carbonyl (C=O) groups excluding carboxylic acids is 1. The van der Waals surface area contributed by atoms with Crippen LogP contribution < -0.4 is 10.6 Å². The van der Waals surface area contributed by atoms with Crippen molar-refractivity contribution in [2.45, 2.75) is 39.7 Å². The van der Waals surface area contributed by atoms with Gasteiger partial charge < -0.3 is 10.6 Å². The summed E-state index contributed by atoms with van der Waals surface area (Å²) in [6.45, 7) is 6.06. The smallest absolute Gasteiger partial charge is 0.227 e. The Kier molecular flexibility index (Phi) is 4.97. The van der Waals surface area contributed by atoms with Gasteiger partial charge >= 0.3 is 0 Å². The van der Waals surface area contributed by atoms with Crippen LogP contribution in [0.15, 0.2) is 24.3 Å². The fourth-order valence-electron chi connectivity index (χ4n) is 2.23. The van der Waals surface area contributed by atoms with E-state index in [2.05, 4.69) is 29.7 Å². The number of benzene rings is 1. The van der Waals surface area contributed by atoms with Gasteiger partial charge in [0.15, 0.2) is 0 Å². The van der Waals surface area contributed by atoms with Crippen molar-refractivity contribution in [1.82, 2.24) is 5.32 Å². The normalized spacial score (nSPS) is 16.1. The number of rotatable bonds is 7. The van der Waals surface area contributed by atoms with Crippen molar-refractivity contribution in [1.29, 1.82) is 0 Å². The van der Waals surface area contributed by atoms with E-state index in [1.165, 1.54) is 18.4 Å². The van der Waals surface area contributed by atoms with Gasteiger partial charge in [0.25, 0.3) is 0 Å². The first-order valence-electron chi connectivity index (χ1n) is 7.31. The Morgan fingerprint density at radius 3 is 2.89 bits per heavy atom. The molecule has 0 aromatic heterocycles. The van der Waals surface area contributed by atoms with E-state index in [1.807, 2.05) is 19.1 Å². The lowest BCUT2D eigenvalue weighted by Gasteiger charge is -2.12. The van der Waals surface area contributed by atoms with Gasteiger partial charge in [-0.15, -0.1) is 0 Å². The maximum absolute atomic E-state index is 12.0. The Bertz CT molecular complexity index is 427. The highest BCUT2D eigenvalue weighted by Gasteiger charge is 2.32. The molecule has 3 nitrogen and oxygen atoms in total. The molecule has 0 saturated heterocycles. The molecular formula is C16H24N2O. The molecule has 1 unspecified atom stereocenters. The van der Waals surface area contributed by atoms with Gasteiger partial charge in [-0.2, -0.15) is 0 Å². The molecule has 1 amide bonds. The van der Waals surface area contributed by atoms with Gasteiger partial charge in [0.2, 0.25) is 5.91 Å². The molecule has 2 N–H and O–H groups in total. The molecule has 1 saturated carbocycles. The fraction of sp³-hybridized carbons (Fsp3) is 0.562. The summed E-state index contributed by atoms with van der Waals surface area (Å²) in [5.74, 6) is 0.900. The molecule has 1 aromatic rings. The second kappa shape index (κ2) is 6.71. The van der Waals surface area contributed by atoms with Gasteiger partial charge in [-0.3, -0.25) is 4.79 Å². The van der Waals surface area contributed by atoms with Crippen molar-refractivity contribution < 1.29 is 4.79 Å². The molecule has 2 rings (SSSR count). The lowest BCUT2D eigenvalue weighted by Crippen LogP contribution is -2.22. The van der Waals surface area contributed by atoms with E-state index in [1.54, 1.807) is 0 Å². The van der Waals surface area contributed by atoms with Crippen LogP contribution in [0.3, 0.4) is 0 Å². The zero-order valence-corrected chi connectivity index (χ0v) is 11.9. The SMILES string of the molecule is CCCNCc1cccc(NC(=O)C(C)C2CC2)c1. The molecule has 0 bridgehead atoms. The Labute approximate surface area is 115 Å². The highest BCUT2D eigenvalue weighted by Crippen LogP contribution is 2.37. The number of carbonyl (C=O) groups is 1. The number of amides is 1. The molecule has 19 heavy (non-hydrogen) atoms. The van der Waals surface area contributed by atoms with Gasteiger partial charge in [-0.25, -0.2) is 0 Å². The van der Waals surface area contributed by atoms with E-state index < -0.39 is 0 Å². The highest BCUT2D eigenvalue weighted by molar-refractivity contribution is 5.92. The monoisotopic (exact) mass is 260 g/mol. The third-order valence-corrected chi connectivity index (χ3v) is 3.69. The molecule has 1 aliphatic carbocycles. The van der Waals surface area contributed by atoms with E-state index in [4.69, 9.17) is 0 Å². The maximum atomic E-state index is 12.0. The van der Waals surface area contributed by atoms with Gasteiger partial charge in [0, 0.05) is 18.2 Å². The summed E-state index contributed by atoms with van der Waals surface area (Å²) >= 11 is 0. The van der Waals surface area contributed by atoms with Crippen LogP contribution in [0.5, 0.6) is 0 Å². The van der Waals surface area contributed by atoms with Crippen molar-refractivity contribution >= 4 is 11.6 Å². The van der Waals surface area contributed by atoms with Crippen LogP contribution in [0.25, 0.3) is 0 Å². The Morgan fingerprint density at radius 2 is 2.21 bits per heavy atom. The molecule has 1 fully saturated rings. The number of anilines is 1. The van der Waals surface area contributed by atoms with Crippen LogP contribution in [0.2, 0.25) is 0 Å². The van der Waals surface area contributed by atoms with E-state index in [0.29, 0.717) is 5.92 Å². The Balaban J connectivity index is 1.88. The molecule has 0 heterocycles. The van der Waals surface area contributed by atoms with Crippen molar-refractivity contribution in [3.05, 3.63) is 29.8 Å². The summed E-state index contributed by atoms with van der Waals surface area (Å²) in [6.07, 6.45) is 3.54. The van der Waals surface area contributed by atoms with Crippen LogP contribution >= 0.6 is 0 Å². The summed E-state index contributed by atoms with van der Waals surface area (Å²) in [5, 5.41) is 6.40. The van der Waals surface area contributed by atoms with Crippen LogP contribution in [0.4, 0.5) is 5.69 Å². The molecule has 104 valence electrons. The molecule has 3 heteroatoms. The van der Waals surface area contributed by atoms with Crippen molar-refractivity contribution in [2.75, 3.05) is 11.9 Å². The first-order chi connectivity index (χ1) is 9.20. The topological polar surface area (TPSA) is 41.1 Å². The van der Waals surface area contributed by atoms with Crippen molar-refractivity contribution in [3.8, 4) is 0 Å². The molecule has 1 aromatic carbocycles. The van der Waals surface area contributed by atoms with Crippen LogP contribution in [0.1, 0.15) is 38.7 Å². The van der Waals surface area contributed by atoms with Crippen molar-refractivity contribution in [3.63, 3.8) is 0 Å². The summed E-state index contributed by atoms with van der Waals surface area (Å²) < 4.78 is 0. The summed E-state index contributed by atoms with van der Waals surface area (Å²) in [6, 6.07) is 8.10. The molecule has 1 aliphatic rings. The van der Waals surface area contributed by atoms with E-state index in [9.17, 15) is 4.79 Å². The first kappa shape index (κ1) is 14.1. The average molecular weight is 260 g/mol. The second-order valence-electron chi connectivity index (χ2n) is 5.49. The molecule has 0 spiro atoms. The van der Waals surface area contributed by atoms with Gasteiger partial charge in [-0.1, -0.05) is 26.0 Å². The van der Waals surface area contributed by atoms with Crippen LogP contribution in [-0.2, 0) is 11.3 Å². The zero-order chi connectivity index (χ0) is 13.7. The largest absolute Gasteiger partial charge is 0.326 e. The van der Waals surface area contributed by atoms with Gasteiger partial charge in [-0.05, 0) is 49.4 Å². The number of hydrogen-bond donors (Lipinski definition) is 2. The zero-order valence-electron chi connectivity index (χ0n) is 11.9. The predicted octanol–water partition coefficient (Wildman–Crippen LogP) is 3.17. The minimum atomic E-state index is 0.141. The average Bonchev–Trinajstić information content (AvgIpc) is 3.23. The van der Waals surface area contributed by atoms with Crippen molar-refractivity contribution in [2.24, 2.45) is 11.8 Å². The minimum absolute atomic E-state index is 0.141. The second-order valence-corrected chi connectivity index (χ2v) is 5.49. The quantitative estimate of drug-likeness (QED) is 0.739. The molecule has 0 aliphatic heterocycles. The molecular weight excluding hydrogens is 236 g/mol. The Hall–Kier alpha value is -1.35. The lowest BCUT2D eigenvalue weighted by atomic mass is 10.1. The first-order valence-corrected chi connectivity index (χ1v) is 7.31. The summed E-state index contributed by atoms with van der Waals surface area (Å²) in [7, 11) is 0. The van der Waals surface area contributed by atoms with E-state index in [-0.39, 0.29) is 11.8 Å². The van der Waals surface area contributed by atoms with Gasteiger partial charge in [0.1, 0.15) is 0 Å².